The van der Waals surface area contributed by atoms with E-state index < -0.39 is 4.92 Å². The maximum absolute atomic E-state index is 12.7. The summed E-state index contributed by atoms with van der Waals surface area (Å²) in [6.45, 7) is 1.88. The summed E-state index contributed by atoms with van der Waals surface area (Å²) in [7, 11) is 0. The number of thioether (sulfide) groups is 1. The topological polar surface area (TPSA) is 87.3 Å². The number of nitrogens with zero attached hydrogens (tertiary/aromatic N) is 2. The van der Waals surface area contributed by atoms with Crippen LogP contribution in [0.3, 0.4) is 0 Å². The Morgan fingerprint density at radius 2 is 1.96 bits per heavy atom. The maximum atomic E-state index is 12.7. The molecule has 0 aromatic heterocycles. The Balaban J connectivity index is 1.96. The first-order valence-corrected chi connectivity index (χ1v) is 7.91. The molecule has 1 heterocycles. The SMILES string of the molecule is Cc1ccccc1N1C(=N)S/C(=C\c2cccc([N+](=O)[O-])c2)C1=O. The minimum absolute atomic E-state index is 0.0365. The zero-order valence-corrected chi connectivity index (χ0v) is 13.5. The number of hydrogen-bond donors (Lipinski definition) is 1. The lowest BCUT2D eigenvalue weighted by Gasteiger charge is -2.16. The zero-order chi connectivity index (χ0) is 17.3. The van der Waals surface area contributed by atoms with Gasteiger partial charge in [0, 0.05) is 12.1 Å². The fourth-order valence-corrected chi connectivity index (χ4v) is 3.25. The number of nitro benzene ring substituents is 1. The highest BCUT2D eigenvalue weighted by atomic mass is 32.2. The largest absolute Gasteiger partial charge is 0.278 e. The summed E-state index contributed by atoms with van der Waals surface area (Å²) in [4.78, 5) is 24.7. The van der Waals surface area contributed by atoms with Crippen LogP contribution in [-0.2, 0) is 4.79 Å². The molecule has 3 rings (SSSR count). The number of non-ortho nitro benzene ring substituents is 1. The third kappa shape index (κ3) is 2.93. The highest BCUT2D eigenvalue weighted by Crippen LogP contribution is 2.36. The first-order valence-electron chi connectivity index (χ1n) is 7.10. The number of benzene rings is 2. The molecule has 0 bridgehead atoms. The minimum atomic E-state index is -0.479. The van der Waals surface area contributed by atoms with Crippen molar-refractivity contribution in [2.75, 3.05) is 4.90 Å². The molecule has 0 spiro atoms. The van der Waals surface area contributed by atoms with Crippen LogP contribution in [-0.4, -0.2) is 16.0 Å². The van der Waals surface area contributed by atoms with E-state index in [9.17, 15) is 14.9 Å². The molecule has 1 saturated heterocycles. The molecule has 0 aliphatic carbocycles. The Kier molecular flexibility index (Phi) is 4.18. The smallest absolute Gasteiger partial charge is 0.271 e. The van der Waals surface area contributed by atoms with Crippen LogP contribution >= 0.6 is 11.8 Å². The van der Waals surface area contributed by atoms with Gasteiger partial charge >= 0.3 is 0 Å². The number of para-hydroxylation sites is 1. The number of carbonyl (C=O) groups excluding carboxylic acids is 1. The van der Waals surface area contributed by atoms with Gasteiger partial charge in [0.25, 0.3) is 11.6 Å². The summed E-state index contributed by atoms with van der Waals surface area (Å²) in [6.07, 6.45) is 1.58. The lowest BCUT2D eigenvalue weighted by molar-refractivity contribution is -0.384. The van der Waals surface area contributed by atoms with Crippen molar-refractivity contribution in [3.05, 3.63) is 74.7 Å². The van der Waals surface area contributed by atoms with Crippen LogP contribution in [0.25, 0.3) is 6.08 Å². The van der Waals surface area contributed by atoms with E-state index in [-0.39, 0.29) is 16.8 Å². The number of anilines is 1. The third-order valence-corrected chi connectivity index (χ3v) is 4.45. The van der Waals surface area contributed by atoms with Crippen molar-refractivity contribution < 1.29 is 9.72 Å². The van der Waals surface area contributed by atoms with Gasteiger partial charge < -0.3 is 0 Å². The van der Waals surface area contributed by atoms with E-state index in [4.69, 9.17) is 5.41 Å². The predicted molar refractivity (Wildman–Crippen MR) is 95.1 cm³/mol. The number of carbonyl (C=O) groups is 1. The Bertz CT molecular complexity index is 892. The van der Waals surface area contributed by atoms with E-state index in [1.807, 2.05) is 25.1 Å². The van der Waals surface area contributed by atoms with Crippen molar-refractivity contribution >= 4 is 40.3 Å². The van der Waals surface area contributed by atoms with Gasteiger partial charge in [0.05, 0.1) is 15.5 Å². The van der Waals surface area contributed by atoms with Crippen LogP contribution in [0.5, 0.6) is 0 Å². The van der Waals surface area contributed by atoms with Gasteiger partial charge in [-0.05, 0) is 42.0 Å². The molecule has 1 N–H and O–H groups in total. The second kappa shape index (κ2) is 6.29. The van der Waals surface area contributed by atoms with E-state index in [2.05, 4.69) is 0 Å². The number of amides is 1. The van der Waals surface area contributed by atoms with Crippen LogP contribution in [0.15, 0.2) is 53.4 Å². The van der Waals surface area contributed by atoms with Crippen molar-refractivity contribution in [1.29, 1.82) is 5.41 Å². The number of aryl methyl sites for hydroxylation is 1. The van der Waals surface area contributed by atoms with Crippen molar-refractivity contribution in [2.24, 2.45) is 0 Å². The van der Waals surface area contributed by atoms with Crippen molar-refractivity contribution in [2.45, 2.75) is 6.92 Å². The molecule has 1 fully saturated rings. The number of nitrogens with one attached hydrogen (secondary N) is 1. The molecular weight excluding hydrogens is 326 g/mol. The molecule has 2 aromatic carbocycles. The second-order valence-corrected chi connectivity index (χ2v) is 6.23. The summed E-state index contributed by atoms with van der Waals surface area (Å²) < 4.78 is 0. The monoisotopic (exact) mass is 339 g/mol. The predicted octanol–water partition coefficient (Wildman–Crippen LogP) is 3.96. The lowest BCUT2D eigenvalue weighted by Crippen LogP contribution is -2.28. The van der Waals surface area contributed by atoms with E-state index >= 15 is 0 Å². The highest BCUT2D eigenvalue weighted by molar-refractivity contribution is 8.19. The fourth-order valence-electron chi connectivity index (χ4n) is 2.40. The van der Waals surface area contributed by atoms with Crippen LogP contribution in [0.2, 0.25) is 0 Å². The molecule has 0 radical (unpaired) electrons. The van der Waals surface area contributed by atoms with Gasteiger partial charge in [-0.25, -0.2) is 0 Å². The van der Waals surface area contributed by atoms with E-state index in [1.165, 1.54) is 17.0 Å². The molecule has 0 unspecified atom stereocenters. The molecule has 24 heavy (non-hydrogen) atoms. The van der Waals surface area contributed by atoms with Crippen LogP contribution < -0.4 is 4.90 Å². The Labute approximate surface area is 142 Å². The quantitative estimate of drug-likeness (QED) is 0.521. The van der Waals surface area contributed by atoms with Gasteiger partial charge in [0.2, 0.25) is 0 Å². The Hall–Kier alpha value is -2.93. The first-order chi connectivity index (χ1) is 11.5. The zero-order valence-electron chi connectivity index (χ0n) is 12.7. The van der Waals surface area contributed by atoms with Gasteiger partial charge in [-0.2, -0.15) is 0 Å². The van der Waals surface area contributed by atoms with Crippen molar-refractivity contribution in [3.63, 3.8) is 0 Å². The first kappa shape index (κ1) is 15.9. The van der Waals surface area contributed by atoms with Crippen molar-refractivity contribution in [3.8, 4) is 0 Å². The van der Waals surface area contributed by atoms with E-state index in [0.717, 1.165) is 17.3 Å². The summed E-state index contributed by atoms with van der Waals surface area (Å²) >= 11 is 1.05. The molecule has 1 aliphatic heterocycles. The average Bonchev–Trinajstić information content (AvgIpc) is 2.82. The van der Waals surface area contributed by atoms with Crippen LogP contribution in [0.4, 0.5) is 11.4 Å². The number of amidine groups is 1. The van der Waals surface area contributed by atoms with Gasteiger partial charge in [0.15, 0.2) is 5.17 Å². The third-order valence-electron chi connectivity index (χ3n) is 3.56. The Morgan fingerprint density at radius 1 is 1.21 bits per heavy atom. The Morgan fingerprint density at radius 3 is 2.67 bits per heavy atom. The normalized spacial score (nSPS) is 16.0. The lowest BCUT2D eigenvalue weighted by atomic mass is 10.1. The van der Waals surface area contributed by atoms with E-state index in [0.29, 0.717) is 16.2 Å². The standard InChI is InChI=1S/C17H13N3O3S/c1-11-5-2-3-8-14(11)19-16(21)15(24-17(19)18)10-12-6-4-7-13(9-12)20(22)23/h2-10,18H,1H3/b15-10-,18-17?. The molecule has 7 heteroatoms. The molecule has 120 valence electrons. The van der Waals surface area contributed by atoms with E-state index in [1.54, 1.807) is 24.3 Å². The van der Waals surface area contributed by atoms with Crippen LogP contribution in [0.1, 0.15) is 11.1 Å². The molecular formula is C17H13N3O3S. The van der Waals surface area contributed by atoms with Gasteiger partial charge in [0.1, 0.15) is 0 Å². The summed E-state index contributed by atoms with van der Waals surface area (Å²) in [6, 6.07) is 13.4. The van der Waals surface area contributed by atoms with Crippen molar-refractivity contribution in [1.82, 2.24) is 0 Å². The average molecular weight is 339 g/mol. The molecule has 0 saturated carbocycles. The fraction of sp³-hybridized carbons (Fsp3) is 0.0588. The molecule has 1 aliphatic rings. The molecule has 1 amide bonds. The minimum Gasteiger partial charge on any atom is -0.278 e. The molecule has 2 aromatic rings. The summed E-state index contributed by atoms with van der Waals surface area (Å²) in [5, 5.41) is 19.1. The van der Waals surface area contributed by atoms with Crippen LogP contribution in [0, 0.1) is 22.4 Å². The number of rotatable bonds is 3. The molecule has 0 atom stereocenters. The van der Waals surface area contributed by atoms with Gasteiger partial charge in [-0.15, -0.1) is 0 Å². The molecule has 6 nitrogen and oxygen atoms in total. The highest BCUT2D eigenvalue weighted by Gasteiger charge is 2.34. The number of nitro groups is 1. The second-order valence-electron chi connectivity index (χ2n) is 5.19. The van der Waals surface area contributed by atoms with Gasteiger partial charge in [-0.1, -0.05) is 30.3 Å². The maximum Gasteiger partial charge on any atom is 0.271 e. The number of hydrogen-bond acceptors (Lipinski definition) is 5. The van der Waals surface area contributed by atoms with Gasteiger partial charge in [-0.3, -0.25) is 25.2 Å². The summed E-state index contributed by atoms with van der Waals surface area (Å²) in [5.74, 6) is -0.300. The summed E-state index contributed by atoms with van der Waals surface area (Å²) in [5.41, 5.74) is 2.08.